The molecule has 0 aliphatic heterocycles. The van der Waals surface area contributed by atoms with Crippen LogP contribution in [0, 0.1) is 5.92 Å². The van der Waals surface area contributed by atoms with Crippen molar-refractivity contribution >= 4 is 0 Å². The van der Waals surface area contributed by atoms with E-state index in [4.69, 9.17) is 0 Å². The first-order valence-electron chi connectivity index (χ1n) is 7.53. The lowest BCUT2D eigenvalue weighted by Gasteiger charge is -2.51. The van der Waals surface area contributed by atoms with E-state index in [9.17, 15) is 0 Å². The van der Waals surface area contributed by atoms with Gasteiger partial charge in [0.1, 0.15) is 0 Å². The summed E-state index contributed by atoms with van der Waals surface area (Å²) in [4.78, 5) is 2.47. The molecule has 0 amide bonds. The highest BCUT2D eigenvalue weighted by Gasteiger charge is 2.43. The van der Waals surface area contributed by atoms with E-state index in [1.165, 1.54) is 38.5 Å². The summed E-state index contributed by atoms with van der Waals surface area (Å²) >= 11 is 0. The number of nitrogens with zero attached hydrogens (tertiary/aromatic N) is 1. The van der Waals surface area contributed by atoms with Crippen molar-refractivity contribution in [3.05, 3.63) is 0 Å². The summed E-state index contributed by atoms with van der Waals surface area (Å²) in [5.41, 5.74) is 0.347. The minimum absolute atomic E-state index is 0.347. The monoisotopic (exact) mass is 240 g/mol. The van der Waals surface area contributed by atoms with Crippen molar-refractivity contribution < 1.29 is 0 Å². The molecule has 0 aromatic rings. The highest BCUT2D eigenvalue weighted by Crippen LogP contribution is 2.39. The average molecular weight is 240 g/mol. The third-order valence-electron chi connectivity index (χ3n) is 4.93. The fraction of sp³-hybridized carbons (Fsp3) is 1.00. The van der Waals surface area contributed by atoms with Gasteiger partial charge in [-0.1, -0.05) is 27.2 Å². The Morgan fingerprint density at radius 2 is 1.76 bits per heavy atom. The Bertz CT molecular complexity index is 205. The largest absolute Gasteiger partial charge is 0.312 e. The van der Waals surface area contributed by atoms with Gasteiger partial charge in [0.25, 0.3) is 0 Å². The summed E-state index contributed by atoms with van der Waals surface area (Å²) in [7, 11) is 4.51. The highest BCUT2D eigenvalue weighted by molar-refractivity contribution is 5.02. The van der Waals surface area contributed by atoms with Gasteiger partial charge in [-0.15, -0.1) is 0 Å². The zero-order valence-electron chi connectivity index (χ0n) is 12.6. The number of nitrogens with one attached hydrogen (secondary N) is 1. The van der Waals surface area contributed by atoms with E-state index in [1.54, 1.807) is 0 Å². The van der Waals surface area contributed by atoms with Gasteiger partial charge in [0.15, 0.2) is 0 Å². The average Bonchev–Trinajstić information content (AvgIpc) is 2.24. The standard InChI is InChI=1S/C15H32N2/c1-6-12-16-14(13-10-9-11-13)15(7-2,8-3)17(4)5/h13-14,16H,6-12H2,1-5H3. The molecular weight excluding hydrogens is 208 g/mol. The van der Waals surface area contributed by atoms with Crippen molar-refractivity contribution in [2.75, 3.05) is 20.6 Å². The minimum atomic E-state index is 0.347. The lowest BCUT2D eigenvalue weighted by atomic mass is 9.69. The van der Waals surface area contributed by atoms with Crippen LogP contribution in [0.4, 0.5) is 0 Å². The van der Waals surface area contributed by atoms with Crippen LogP contribution in [0.5, 0.6) is 0 Å². The maximum Gasteiger partial charge on any atom is 0.0353 e. The summed E-state index contributed by atoms with van der Waals surface area (Å²) in [5.74, 6) is 0.906. The van der Waals surface area contributed by atoms with Crippen LogP contribution in [0.3, 0.4) is 0 Å². The molecule has 17 heavy (non-hydrogen) atoms. The van der Waals surface area contributed by atoms with Gasteiger partial charge in [0.05, 0.1) is 0 Å². The van der Waals surface area contributed by atoms with Gasteiger partial charge in [-0.25, -0.2) is 0 Å². The quantitative estimate of drug-likeness (QED) is 0.700. The van der Waals surface area contributed by atoms with Crippen LogP contribution < -0.4 is 5.32 Å². The van der Waals surface area contributed by atoms with Gasteiger partial charge in [0.2, 0.25) is 0 Å². The lowest BCUT2D eigenvalue weighted by molar-refractivity contribution is 0.0364. The molecule has 1 N–H and O–H groups in total. The molecule has 1 fully saturated rings. The van der Waals surface area contributed by atoms with Crippen molar-refractivity contribution in [1.29, 1.82) is 0 Å². The summed E-state index contributed by atoms with van der Waals surface area (Å²) in [6.45, 7) is 8.13. The van der Waals surface area contributed by atoms with E-state index in [0.29, 0.717) is 11.6 Å². The Morgan fingerprint density at radius 3 is 2.06 bits per heavy atom. The SMILES string of the molecule is CCCNC(C1CCC1)C(CC)(CC)N(C)C. The molecule has 2 heteroatoms. The molecule has 0 radical (unpaired) electrons. The molecule has 1 rings (SSSR count). The zero-order chi connectivity index (χ0) is 12.9. The third-order valence-corrected chi connectivity index (χ3v) is 4.93. The fourth-order valence-corrected chi connectivity index (χ4v) is 3.47. The van der Waals surface area contributed by atoms with Crippen molar-refractivity contribution in [2.45, 2.75) is 70.9 Å². The van der Waals surface area contributed by atoms with Gasteiger partial charge < -0.3 is 10.2 Å². The maximum atomic E-state index is 3.85. The second kappa shape index (κ2) is 6.75. The van der Waals surface area contributed by atoms with Gasteiger partial charge in [-0.3, -0.25) is 0 Å². The minimum Gasteiger partial charge on any atom is -0.312 e. The summed E-state index contributed by atoms with van der Waals surface area (Å²) in [6.07, 6.45) is 8.02. The smallest absolute Gasteiger partial charge is 0.0353 e. The molecule has 1 aliphatic rings. The van der Waals surface area contributed by atoms with Gasteiger partial charge in [-0.05, 0) is 58.7 Å². The molecule has 1 unspecified atom stereocenters. The van der Waals surface area contributed by atoms with Crippen LogP contribution >= 0.6 is 0 Å². The van der Waals surface area contributed by atoms with E-state index in [-0.39, 0.29) is 0 Å². The predicted molar refractivity (Wildman–Crippen MR) is 76.4 cm³/mol. The molecule has 0 saturated heterocycles. The number of hydrogen-bond acceptors (Lipinski definition) is 2. The van der Waals surface area contributed by atoms with Crippen molar-refractivity contribution in [3.63, 3.8) is 0 Å². The molecule has 1 aliphatic carbocycles. The van der Waals surface area contributed by atoms with E-state index < -0.39 is 0 Å². The number of rotatable bonds is 8. The Balaban J connectivity index is 2.82. The van der Waals surface area contributed by atoms with Crippen molar-refractivity contribution in [2.24, 2.45) is 5.92 Å². The molecule has 0 aromatic heterocycles. The van der Waals surface area contributed by atoms with Crippen molar-refractivity contribution in [1.82, 2.24) is 10.2 Å². The number of hydrogen-bond donors (Lipinski definition) is 1. The topological polar surface area (TPSA) is 15.3 Å². The Kier molecular flexibility index (Phi) is 5.94. The van der Waals surface area contributed by atoms with E-state index in [2.05, 4.69) is 45.1 Å². The summed E-state index contributed by atoms with van der Waals surface area (Å²) < 4.78 is 0. The predicted octanol–water partition coefficient (Wildman–Crippen LogP) is 3.28. The Labute approximate surface area is 108 Å². The Hall–Kier alpha value is -0.0800. The lowest BCUT2D eigenvalue weighted by Crippen LogP contribution is -2.62. The van der Waals surface area contributed by atoms with E-state index >= 15 is 0 Å². The van der Waals surface area contributed by atoms with Crippen LogP contribution in [-0.2, 0) is 0 Å². The first-order valence-corrected chi connectivity index (χ1v) is 7.53. The van der Waals surface area contributed by atoms with Gasteiger partial charge in [0, 0.05) is 11.6 Å². The molecular formula is C15H32N2. The van der Waals surface area contributed by atoms with Crippen LogP contribution in [0.1, 0.15) is 59.3 Å². The molecule has 0 spiro atoms. The van der Waals surface area contributed by atoms with E-state index in [0.717, 1.165) is 12.5 Å². The van der Waals surface area contributed by atoms with Gasteiger partial charge >= 0.3 is 0 Å². The van der Waals surface area contributed by atoms with E-state index in [1.807, 2.05) is 0 Å². The van der Waals surface area contributed by atoms with Crippen LogP contribution in [0.15, 0.2) is 0 Å². The Morgan fingerprint density at radius 1 is 1.18 bits per heavy atom. The molecule has 0 aromatic carbocycles. The summed E-state index contributed by atoms with van der Waals surface area (Å²) in [6, 6.07) is 0.682. The second-order valence-electron chi connectivity index (χ2n) is 5.83. The number of likely N-dealkylation sites (N-methyl/N-ethyl adjacent to an activating group) is 1. The first-order chi connectivity index (χ1) is 8.12. The molecule has 1 atom stereocenters. The summed E-state index contributed by atoms with van der Waals surface area (Å²) in [5, 5.41) is 3.85. The highest BCUT2D eigenvalue weighted by atomic mass is 15.2. The third kappa shape index (κ3) is 3.03. The molecule has 0 bridgehead atoms. The second-order valence-corrected chi connectivity index (χ2v) is 5.83. The maximum absolute atomic E-state index is 3.85. The van der Waals surface area contributed by atoms with Crippen LogP contribution in [0.25, 0.3) is 0 Å². The molecule has 102 valence electrons. The molecule has 0 heterocycles. The normalized spacial score (nSPS) is 19.4. The fourth-order valence-electron chi connectivity index (χ4n) is 3.47. The zero-order valence-corrected chi connectivity index (χ0v) is 12.6. The van der Waals surface area contributed by atoms with Crippen molar-refractivity contribution in [3.8, 4) is 0 Å². The molecule has 1 saturated carbocycles. The van der Waals surface area contributed by atoms with Crippen LogP contribution in [-0.4, -0.2) is 37.1 Å². The van der Waals surface area contributed by atoms with Gasteiger partial charge in [-0.2, -0.15) is 0 Å². The molecule has 2 nitrogen and oxygen atoms in total. The first kappa shape index (κ1) is 15.0. The van der Waals surface area contributed by atoms with Crippen LogP contribution in [0.2, 0.25) is 0 Å².